The van der Waals surface area contributed by atoms with Gasteiger partial charge >= 0.3 is 0 Å². The molecular formula is C12H20ClN5O. The Kier molecular flexibility index (Phi) is 4.39. The Balaban J connectivity index is 1.97. The fourth-order valence-corrected chi connectivity index (χ4v) is 2.34. The van der Waals surface area contributed by atoms with Crippen molar-refractivity contribution in [3.05, 3.63) is 5.82 Å². The molecule has 1 aliphatic rings. The van der Waals surface area contributed by atoms with Crippen LogP contribution in [0, 0.1) is 5.41 Å². The minimum atomic E-state index is -0.576. The number of carbonyl (C=O) groups is 1. The van der Waals surface area contributed by atoms with E-state index < -0.39 is 5.41 Å². The molecule has 19 heavy (non-hydrogen) atoms. The summed E-state index contributed by atoms with van der Waals surface area (Å²) in [6, 6.07) is 0.378. The minimum absolute atomic E-state index is 0.0801. The maximum Gasteiger partial charge on any atom is 0.227 e. The van der Waals surface area contributed by atoms with Gasteiger partial charge in [0.2, 0.25) is 5.91 Å². The Morgan fingerprint density at radius 3 is 2.79 bits per heavy atom. The Morgan fingerprint density at radius 1 is 1.47 bits per heavy atom. The maximum atomic E-state index is 12.0. The molecular weight excluding hydrogens is 266 g/mol. The fourth-order valence-electron chi connectivity index (χ4n) is 2.22. The van der Waals surface area contributed by atoms with E-state index >= 15 is 0 Å². The lowest BCUT2D eigenvalue weighted by atomic mass is 9.95. The molecule has 0 radical (unpaired) electrons. The molecule has 1 saturated carbocycles. The summed E-state index contributed by atoms with van der Waals surface area (Å²) in [7, 11) is 0. The molecule has 0 saturated heterocycles. The number of nitrogens with zero attached hydrogens (tertiary/aromatic N) is 4. The van der Waals surface area contributed by atoms with Crippen LogP contribution in [0.5, 0.6) is 0 Å². The van der Waals surface area contributed by atoms with Gasteiger partial charge in [-0.2, -0.15) is 0 Å². The standard InChI is InChI=1S/C12H20ClN5O/c1-12(2,8-13)11(19)14-7-10-15-16-17-18(10)9-5-3-4-6-9/h9H,3-8H2,1-2H3,(H,14,19). The molecule has 2 rings (SSSR count). The molecule has 1 aliphatic carbocycles. The maximum absolute atomic E-state index is 12.0. The number of hydrogen-bond donors (Lipinski definition) is 1. The van der Waals surface area contributed by atoms with Crippen molar-refractivity contribution in [1.29, 1.82) is 0 Å². The largest absolute Gasteiger partial charge is 0.348 e. The monoisotopic (exact) mass is 285 g/mol. The van der Waals surface area contributed by atoms with Crippen molar-refractivity contribution < 1.29 is 4.79 Å². The number of halogens is 1. The number of amides is 1. The van der Waals surface area contributed by atoms with Gasteiger partial charge in [-0.25, -0.2) is 4.68 Å². The van der Waals surface area contributed by atoms with Crippen LogP contribution in [-0.2, 0) is 11.3 Å². The molecule has 0 spiro atoms. The van der Waals surface area contributed by atoms with E-state index in [0.717, 1.165) is 12.8 Å². The van der Waals surface area contributed by atoms with E-state index in [4.69, 9.17) is 11.6 Å². The molecule has 0 aliphatic heterocycles. The van der Waals surface area contributed by atoms with Gasteiger partial charge in [0, 0.05) is 5.88 Å². The van der Waals surface area contributed by atoms with Crippen molar-refractivity contribution in [2.24, 2.45) is 5.41 Å². The van der Waals surface area contributed by atoms with Crippen molar-refractivity contribution in [3.63, 3.8) is 0 Å². The lowest BCUT2D eigenvalue weighted by Crippen LogP contribution is -2.38. The summed E-state index contributed by atoms with van der Waals surface area (Å²) in [5.41, 5.74) is -0.576. The highest BCUT2D eigenvalue weighted by molar-refractivity contribution is 6.19. The molecule has 1 N–H and O–H groups in total. The Bertz CT molecular complexity index is 439. The molecule has 1 heterocycles. The number of rotatable bonds is 5. The van der Waals surface area contributed by atoms with Crippen molar-refractivity contribution in [1.82, 2.24) is 25.5 Å². The van der Waals surface area contributed by atoms with Crippen LogP contribution in [0.2, 0.25) is 0 Å². The Hall–Kier alpha value is -1.17. The first-order valence-electron chi connectivity index (χ1n) is 6.65. The number of alkyl halides is 1. The summed E-state index contributed by atoms with van der Waals surface area (Å²) < 4.78 is 1.85. The number of aromatic nitrogens is 4. The van der Waals surface area contributed by atoms with Crippen LogP contribution in [0.4, 0.5) is 0 Å². The van der Waals surface area contributed by atoms with E-state index in [0.29, 0.717) is 18.4 Å². The predicted molar refractivity (Wildman–Crippen MR) is 71.7 cm³/mol. The fraction of sp³-hybridized carbons (Fsp3) is 0.833. The third-order valence-corrected chi connectivity index (χ3v) is 4.26. The Labute approximate surface area is 117 Å². The van der Waals surface area contributed by atoms with Gasteiger partial charge in [0.15, 0.2) is 5.82 Å². The number of tetrazole rings is 1. The first-order chi connectivity index (χ1) is 9.04. The zero-order valence-corrected chi connectivity index (χ0v) is 12.2. The number of carbonyl (C=O) groups excluding carboxylic acids is 1. The summed E-state index contributed by atoms with van der Waals surface area (Å²) >= 11 is 5.78. The average molecular weight is 286 g/mol. The van der Waals surface area contributed by atoms with Crippen LogP contribution in [0.1, 0.15) is 51.4 Å². The molecule has 0 atom stereocenters. The van der Waals surface area contributed by atoms with Gasteiger partial charge in [-0.1, -0.05) is 12.8 Å². The molecule has 7 heteroatoms. The lowest BCUT2D eigenvalue weighted by molar-refractivity contribution is -0.128. The van der Waals surface area contributed by atoms with E-state index in [1.165, 1.54) is 12.8 Å². The smallest absolute Gasteiger partial charge is 0.227 e. The molecule has 1 fully saturated rings. The summed E-state index contributed by atoms with van der Waals surface area (Å²) in [4.78, 5) is 12.0. The molecule has 1 amide bonds. The van der Waals surface area contributed by atoms with Gasteiger partial charge in [-0.15, -0.1) is 16.7 Å². The van der Waals surface area contributed by atoms with Gasteiger partial charge in [0.1, 0.15) is 0 Å². The van der Waals surface area contributed by atoms with Crippen molar-refractivity contribution in [2.75, 3.05) is 5.88 Å². The van der Waals surface area contributed by atoms with Gasteiger partial charge in [-0.3, -0.25) is 4.79 Å². The SMILES string of the molecule is CC(C)(CCl)C(=O)NCc1nnnn1C1CCCC1. The lowest BCUT2D eigenvalue weighted by Gasteiger charge is -2.20. The van der Waals surface area contributed by atoms with Crippen LogP contribution in [0.25, 0.3) is 0 Å². The highest BCUT2D eigenvalue weighted by Crippen LogP contribution is 2.29. The van der Waals surface area contributed by atoms with Gasteiger partial charge in [0.05, 0.1) is 18.0 Å². The highest BCUT2D eigenvalue weighted by atomic mass is 35.5. The number of nitrogens with one attached hydrogen (secondary N) is 1. The van der Waals surface area contributed by atoms with E-state index in [-0.39, 0.29) is 11.8 Å². The van der Waals surface area contributed by atoms with Crippen LogP contribution >= 0.6 is 11.6 Å². The van der Waals surface area contributed by atoms with E-state index in [1.54, 1.807) is 0 Å². The minimum Gasteiger partial charge on any atom is -0.348 e. The van der Waals surface area contributed by atoms with Crippen molar-refractivity contribution in [2.45, 2.75) is 52.1 Å². The van der Waals surface area contributed by atoms with Crippen LogP contribution in [0.15, 0.2) is 0 Å². The Morgan fingerprint density at radius 2 is 2.16 bits per heavy atom. The average Bonchev–Trinajstić information content (AvgIpc) is 3.05. The molecule has 1 aromatic rings. The molecule has 1 aromatic heterocycles. The van der Waals surface area contributed by atoms with Gasteiger partial charge in [0.25, 0.3) is 0 Å². The first kappa shape index (κ1) is 14.2. The van der Waals surface area contributed by atoms with Crippen molar-refractivity contribution in [3.8, 4) is 0 Å². The molecule has 0 bridgehead atoms. The summed E-state index contributed by atoms with van der Waals surface area (Å²) in [5, 5.41) is 14.6. The quantitative estimate of drug-likeness (QED) is 0.835. The second-order valence-corrected chi connectivity index (χ2v) is 5.95. The van der Waals surface area contributed by atoms with Crippen LogP contribution < -0.4 is 5.32 Å². The van der Waals surface area contributed by atoms with E-state index in [2.05, 4.69) is 20.8 Å². The topological polar surface area (TPSA) is 72.7 Å². The molecule has 106 valence electrons. The summed E-state index contributed by atoms with van der Waals surface area (Å²) in [5.74, 6) is 0.918. The van der Waals surface area contributed by atoms with Crippen LogP contribution in [0.3, 0.4) is 0 Å². The predicted octanol–water partition coefficient (Wildman–Crippen LogP) is 1.67. The third-order valence-electron chi connectivity index (χ3n) is 3.59. The highest BCUT2D eigenvalue weighted by Gasteiger charge is 2.27. The van der Waals surface area contributed by atoms with Crippen molar-refractivity contribution >= 4 is 17.5 Å². The second kappa shape index (κ2) is 5.86. The zero-order valence-electron chi connectivity index (χ0n) is 11.4. The third kappa shape index (κ3) is 3.23. The van der Waals surface area contributed by atoms with E-state index in [1.807, 2.05) is 18.5 Å². The zero-order chi connectivity index (χ0) is 13.9. The normalized spacial score (nSPS) is 16.8. The number of hydrogen-bond acceptors (Lipinski definition) is 4. The van der Waals surface area contributed by atoms with E-state index in [9.17, 15) is 4.79 Å². The van der Waals surface area contributed by atoms with Gasteiger partial charge in [-0.05, 0) is 37.1 Å². The second-order valence-electron chi connectivity index (χ2n) is 5.68. The molecule has 6 nitrogen and oxygen atoms in total. The molecule has 0 aromatic carbocycles. The first-order valence-corrected chi connectivity index (χ1v) is 7.19. The van der Waals surface area contributed by atoms with Crippen LogP contribution in [-0.4, -0.2) is 32.0 Å². The summed E-state index contributed by atoms with van der Waals surface area (Å²) in [6.07, 6.45) is 4.66. The molecule has 0 unspecified atom stereocenters. The summed E-state index contributed by atoms with van der Waals surface area (Å²) in [6.45, 7) is 3.98. The van der Waals surface area contributed by atoms with Gasteiger partial charge < -0.3 is 5.32 Å².